The quantitative estimate of drug-likeness (QED) is 0.643. The Morgan fingerprint density at radius 3 is 2.70 bits per heavy atom. The predicted octanol–water partition coefficient (Wildman–Crippen LogP) is 5.23. The summed E-state index contributed by atoms with van der Waals surface area (Å²) in [5.74, 6) is 0.978. The predicted molar refractivity (Wildman–Crippen MR) is 120 cm³/mol. The lowest BCUT2D eigenvalue weighted by Crippen LogP contribution is -2.44. The van der Waals surface area contributed by atoms with E-state index in [4.69, 9.17) is 17.0 Å². The number of nitroso groups, excluding NO2 is 1. The molecule has 5 nitrogen and oxygen atoms in total. The molecule has 3 N–H and O–H groups in total. The fourth-order valence-corrected chi connectivity index (χ4v) is 5.60. The van der Waals surface area contributed by atoms with Crippen LogP contribution in [0.2, 0.25) is 0 Å². The fourth-order valence-electron chi connectivity index (χ4n) is 2.97. The SMILES string of the molecule is CC.CN.CN(C1C=CC(Cl)=CC1)C1CCSc2sc(CN=O)cc2C1=N. The highest BCUT2D eigenvalue weighted by Gasteiger charge is 2.30. The van der Waals surface area contributed by atoms with Gasteiger partial charge in [0.15, 0.2) is 0 Å². The average Bonchev–Trinajstić information content (AvgIpc) is 3.04. The van der Waals surface area contributed by atoms with E-state index in [0.29, 0.717) is 5.71 Å². The second-order valence-electron chi connectivity index (χ2n) is 5.68. The number of allylic oxidation sites excluding steroid dienone is 2. The standard InChI is InChI=1S/C16H18ClN3OS2.C2H6.CH5N/c1-20(11-4-2-10(17)3-5-11)14-6-7-22-16-13(15(14)18)8-12(23-16)9-19-21;2*1-2/h2-4,8,11,14,18H,5-7,9H2,1H3;1-2H3;2H2,1H3. The van der Waals surface area contributed by atoms with Gasteiger partial charge in [-0.15, -0.1) is 23.1 Å². The van der Waals surface area contributed by atoms with Crippen molar-refractivity contribution in [2.24, 2.45) is 10.9 Å². The Morgan fingerprint density at radius 1 is 1.41 bits per heavy atom. The van der Waals surface area contributed by atoms with Gasteiger partial charge < -0.3 is 11.1 Å². The number of nitrogens with one attached hydrogen (secondary N) is 1. The van der Waals surface area contributed by atoms with Crippen LogP contribution in [0.15, 0.2) is 38.7 Å². The summed E-state index contributed by atoms with van der Waals surface area (Å²) in [6.45, 7) is 4.20. The summed E-state index contributed by atoms with van der Waals surface area (Å²) in [6, 6.07) is 2.32. The van der Waals surface area contributed by atoms with E-state index in [1.54, 1.807) is 23.1 Å². The molecule has 8 heteroatoms. The number of fused-ring (bicyclic) bond motifs is 1. The first-order valence-electron chi connectivity index (χ1n) is 9.07. The molecule has 0 radical (unpaired) electrons. The maximum atomic E-state index is 10.5. The summed E-state index contributed by atoms with van der Waals surface area (Å²) in [7, 11) is 3.58. The first kappa shape index (κ1) is 24.0. The van der Waals surface area contributed by atoms with Crippen LogP contribution in [0.3, 0.4) is 0 Å². The summed E-state index contributed by atoms with van der Waals surface area (Å²) in [5, 5.41) is 12.4. The van der Waals surface area contributed by atoms with Crippen molar-refractivity contribution >= 4 is 40.4 Å². The molecule has 0 fully saturated rings. The molecule has 2 unspecified atom stereocenters. The van der Waals surface area contributed by atoms with Crippen molar-refractivity contribution in [2.45, 2.75) is 49.5 Å². The van der Waals surface area contributed by atoms with Gasteiger partial charge in [-0.25, -0.2) is 0 Å². The third-order valence-electron chi connectivity index (χ3n) is 4.26. The third-order valence-corrected chi connectivity index (χ3v) is 6.98. The van der Waals surface area contributed by atoms with Crippen LogP contribution in [-0.4, -0.2) is 42.5 Å². The van der Waals surface area contributed by atoms with E-state index in [2.05, 4.69) is 28.9 Å². The topological polar surface area (TPSA) is 82.5 Å². The summed E-state index contributed by atoms with van der Waals surface area (Å²) >= 11 is 9.38. The number of thiophene rings is 1. The Kier molecular flexibility index (Phi) is 11.1. The smallest absolute Gasteiger partial charge is 0.115 e. The minimum atomic E-state index is 0.0790. The number of hydrogen-bond donors (Lipinski definition) is 2. The van der Waals surface area contributed by atoms with Crippen LogP contribution in [0.25, 0.3) is 0 Å². The molecule has 1 aromatic rings. The molecular formula is C19H29ClN4OS2. The molecule has 0 amide bonds. The maximum Gasteiger partial charge on any atom is 0.115 e. The van der Waals surface area contributed by atoms with Crippen LogP contribution in [0.1, 0.15) is 37.1 Å². The highest BCUT2D eigenvalue weighted by atomic mass is 35.5. The Bertz CT molecular complexity index is 687. The Hall–Kier alpha value is -0.990. The molecule has 2 aliphatic rings. The first-order valence-corrected chi connectivity index (χ1v) is 11.2. The molecule has 0 saturated carbocycles. The molecule has 3 rings (SSSR count). The van der Waals surface area contributed by atoms with Gasteiger partial charge in [0.2, 0.25) is 0 Å². The summed E-state index contributed by atoms with van der Waals surface area (Å²) in [6.07, 6.45) is 7.90. The zero-order chi connectivity index (χ0) is 20.4. The van der Waals surface area contributed by atoms with Gasteiger partial charge in [0.1, 0.15) is 6.54 Å². The second kappa shape index (κ2) is 12.5. The number of nitrogens with zero attached hydrogens (tertiary/aromatic N) is 2. The first-order chi connectivity index (χ1) is 13.1. The third kappa shape index (κ3) is 6.26. The second-order valence-corrected chi connectivity index (χ2v) is 8.62. The van der Waals surface area contributed by atoms with Crippen molar-refractivity contribution in [1.82, 2.24) is 4.90 Å². The van der Waals surface area contributed by atoms with E-state index in [-0.39, 0.29) is 18.6 Å². The largest absolute Gasteiger partial charge is 0.333 e. The van der Waals surface area contributed by atoms with Crippen molar-refractivity contribution in [1.29, 1.82) is 5.41 Å². The van der Waals surface area contributed by atoms with Crippen molar-refractivity contribution in [2.75, 3.05) is 19.8 Å². The Labute approximate surface area is 175 Å². The summed E-state index contributed by atoms with van der Waals surface area (Å²) in [5.41, 5.74) is 6.12. The lowest BCUT2D eigenvalue weighted by molar-refractivity contribution is 0.244. The average molecular weight is 429 g/mol. The number of rotatable bonds is 4. The van der Waals surface area contributed by atoms with Crippen molar-refractivity contribution < 1.29 is 0 Å². The molecule has 0 aromatic carbocycles. The molecule has 1 aliphatic carbocycles. The number of halogens is 1. The molecule has 0 spiro atoms. The Morgan fingerprint density at radius 2 is 2.11 bits per heavy atom. The van der Waals surface area contributed by atoms with Gasteiger partial charge >= 0.3 is 0 Å². The van der Waals surface area contributed by atoms with Crippen molar-refractivity contribution in [3.05, 3.63) is 44.7 Å². The minimum absolute atomic E-state index is 0.0790. The van der Waals surface area contributed by atoms with Gasteiger partial charge in [-0.05, 0) is 39.1 Å². The van der Waals surface area contributed by atoms with Gasteiger partial charge in [0, 0.05) is 27.3 Å². The maximum absolute atomic E-state index is 10.5. The van der Waals surface area contributed by atoms with Gasteiger partial charge in [0.25, 0.3) is 0 Å². The monoisotopic (exact) mass is 428 g/mol. The molecule has 2 heterocycles. The molecule has 0 bridgehead atoms. The molecule has 27 heavy (non-hydrogen) atoms. The highest BCUT2D eigenvalue weighted by Crippen LogP contribution is 2.38. The van der Waals surface area contributed by atoms with E-state index in [0.717, 1.165) is 38.3 Å². The summed E-state index contributed by atoms with van der Waals surface area (Å²) < 4.78 is 1.15. The molecule has 1 aromatic heterocycles. The zero-order valence-corrected chi connectivity index (χ0v) is 18.8. The van der Waals surface area contributed by atoms with Crippen LogP contribution < -0.4 is 5.73 Å². The molecule has 1 aliphatic heterocycles. The highest BCUT2D eigenvalue weighted by molar-refractivity contribution is 8.01. The fraction of sp³-hybridized carbons (Fsp3) is 0.526. The lowest BCUT2D eigenvalue weighted by atomic mass is 9.98. The molecule has 150 valence electrons. The normalized spacial score (nSPS) is 21.1. The van der Waals surface area contributed by atoms with Gasteiger partial charge in [-0.3, -0.25) is 4.90 Å². The number of thioether (sulfide) groups is 1. The molecule has 2 atom stereocenters. The van der Waals surface area contributed by atoms with Crippen molar-refractivity contribution in [3.8, 4) is 0 Å². The van der Waals surface area contributed by atoms with Crippen molar-refractivity contribution in [3.63, 3.8) is 0 Å². The van der Waals surface area contributed by atoms with Crippen LogP contribution in [0.5, 0.6) is 0 Å². The van der Waals surface area contributed by atoms with E-state index < -0.39 is 0 Å². The number of hydrogen-bond acceptors (Lipinski definition) is 7. The van der Waals surface area contributed by atoms with E-state index in [1.165, 1.54) is 7.05 Å². The van der Waals surface area contributed by atoms with Crippen LogP contribution in [0.4, 0.5) is 0 Å². The van der Waals surface area contributed by atoms with Gasteiger partial charge in [-0.1, -0.05) is 42.8 Å². The van der Waals surface area contributed by atoms with Crippen LogP contribution in [0, 0.1) is 10.3 Å². The molecule has 0 saturated heterocycles. The zero-order valence-electron chi connectivity index (χ0n) is 16.4. The Balaban J connectivity index is 0.000000855. The lowest BCUT2D eigenvalue weighted by Gasteiger charge is -2.33. The molecular weight excluding hydrogens is 400 g/mol. The van der Waals surface area contributed by atoms with Crippen LogP contribution in [-0.2, 0) is 6.54 Å². The minimum Gasteiger partial charge on any atom is -0.333 e. The van der Waals surface area contributed by atoms with E-state index in [1.807, 2.05) is 32.1 Å². The summed E-state index contributed by atoms with van der Waals surface area (Å²) in [4.78, 5) is 13.7. The number of likely N-dealkylation sites (N-methyl/N-ethyl adjacent to an activating group) is 1. The van der Waals surface area contributed by atoms with E-state index >= 15 is 0 Å². The van der Waals surface area contributed by atoms with E-state index in [9.17, 15) is 4.91 Å². The van der Waals surface area contributed by atoms with Gasteiger partial charge in [0.05, 0.1) is 16.0 Å². The van der Waals surface area contributed by atoms with Gasteiger partial charge in [-0.2, -0.15) is 4.91 Å². The number of nitrogens with two attached hydrogens (primary N) is 1. The van der Waals surface area contributed by atoms with Crippen LogP contribution >= 0.6 is 34.7 Å².